The number of aromatic nitrogens is 1. The molecular weight excluding hydrogens is 598 g/mol. The summed E-state index contributed by atoms with van der Waals surface area (Å²) in [6.07, 6.45) is -6.43. The number of hydrogen-bond donors (Lipinski definition) is 3. The van der Waals surface area contributed by atoms with Crippen LogP contribution in [0, 0.1) is 0 Å². The molecule has 0 radical (unpaired) electrons. The van der Waals surface area contributed by atoms with Crippen LogP contribution in [0.5, 0.6) is 0 Å². The van der Waals surface area contributed by atoms with Gasteiger partial charge in [0.05, 0.1) is 0 Å². The number of carbonyl (C=O) groups excluding carboxylic acids is 1. The van der Waals surface area contributed by atoms with Crippen molar-refractivity contribution in [1.29, 1.82) is 0 Å². The fraction of sp³-hybridized carbons (Fsp3) is 0.310. The first-order valence-electron chi connectivity index (χ1n) is 13.0. The summed E-state index contributed by atoms with van der Waals surface area (Å²) in [4.78, 5) is 38.1. The van der Waals surface area contributed by atoms with E-state index in [1.165, 1.54) is 23.6 Å². The Hall–Kier alpha value is -4.50. The second-order valence-electron chi connectivity index (χ2n) is 9.47. The number of piperazine rings is 1. The lowest BCUT2D eigenvalue weighted by Gasteiger charge is -2.34. The highest BCUT2D eigenvalue weighted by atomic mass is 19.4. The van der Waals surface area contributed by atoms with E-state index in [0.717, 1.165) is 50.5 Å². The minimum absolute atomic E-state index is 0.0506. The largest absolute Gasteiger partial charge is 0.490 e. The average molecular weight is 629 g/mol. The molecule has 1 aromatic heterocycles. The Morgan fingerprint density at radius 3 is 1.36 bits per heavy atom. The molecule has 0 saturated carbocycles. The summed E-state index contributed by atoms with van der Waals surface area (Å²) >= 11 is 0. The molecule has 9 nitrogen and oxygen atoms in total. The molecule has 0 atom stereocenters. The predicted octanol–water partition coefficient (Wildman–Crippen LogP) is 5.29. The van der Waals surface area contributed by atoms with E-state index in [0.29, 0.717) is 0 Å². The lowest BCUT2D eigenvalue weighted by Crippen LogP contribution is -2.45. The number of benzene rings is 2. The third-order valence-electron chi connectivity index (χ3n) is 6.00. The lowest BCUT2D eigenvalue weighted by molar-refractivity contribution is -0.193. The van der Waals surface area contributed by atoms with Gasteiger partial charge in [0.1, 0.15) is 0 Å². The van der Waals surface area contributed by atoms with E-state index in [9.17, 15) is 31.1 Å². The number of hydrogen-bond acceptors (Lipinski definition) is 6. The second-order valence-corrected chi connectivity index (χ2v) is 9.47. The quantitative estimate of drug-likeness (QED) is 0.315. The number of rotatable bonds is 6. The zero-order valence-electron chi connectivity index (χ0n) is 23.4. The number of anilines is 1. The maximum absolute atomic E-state index is 11.1. The van der Waals surface area contributed by atoms with Gasteiger partial charge in [-0.05, 0) is 46.5 Å². The molecule has 0 spiro atoms. The van der Waals surface area contributed by atoms with E-state index in [-0.39, 0.29) is 5.91 Å². The highest BCUT2D eigenvalue weighted by Gasteiger charge is 2.38. The number of halogens is 6. The topological polar surface area (TPSA) is 123 Å². The molecule has 4 rings (SSSR count). The van der Waals surface area contributed by atoms with Crippen molar-refractivity contribution in [2.75, 3.05) is 31.5 Å². The number of carbonyl (C=O) groups is 3. The molecule has 2 aromatic carbocycles. The first kappa shape index (κ1) is 35.7. The summed E-state index contributed by atoms with van der Waals surface area (Å²) in [5.41, 5.74) is 5.84. The number of nitrogens with one attached hydrogen (secondary N) is 1. The van der Waals surface area contributed by atoms with Crippen LogP contribution in [0.4, 0.5) is 32.0 Å². The molecule has 2 heterocycles. The second kappa shape index (κ2) is 16.4. The van der Waals surface area contributed by atoms with Gasteiger partial charge in [0, 0.05) is 64.3 Å². The Bertz CT molecular complexity index is 1320. The summed E-state index contributed by atoms with van der Waals surface area (Å²) in [6, 6.07) is 21.0. The fourth-order valence-corrected chi connectivity index (χ4v) is 3.86. The number of pyridine rings is 1. The highest BCUT2D eigenvalue weighted by molar-refractivity contribution is 5.89. The van der Waals surface area contributed by atoms with Gasteiger partial charge < -0.3 is 15.5 Å². The minimum atomic E-state index is -5.08. The van der Waals surface area contributed by atoms with Crippen molar-refractivity contribution in [3.05, 3.63) is 84.2 Å². The molecule has 1 aliphatic rings. The standard InChI is InChI=1S/C25H28N4O.2C2HF3O2/c1-20(30)27-25-8-6-24(7-9-25)23-4-2-21(3-5-23)18-28-14-16-29(17-15-28)19-22-10-12-26-13-11-22;2*3-2(4,5)1(6)7/h2-13H,14-19H2,1H3,(H,27,30);2*(H,6,7). The summed E-state index contributed by atoms with van der Waals surface area (Å²) < 4.78 is 63.5. The number of alkyl halides is 6. The van der Waals surface area contributed by atoms with Crippen LogP contribution < -0.4 is 5.32 Å². The van der Waals surface area contributed by atoms with Crippen molar-refractivity contribution < 1.29 is 50.9 Å². The van der Waals surface area contributed by atoms with E-state index in [2.05, 4.69) is 56.5 Å². The van der Waals surface area contributed by atoms with Crippen molar-refractivity contribution in [3.63, 3.8) is 0 Å². The Balaban J connectivity index is 0.000000402. The molecule has 3 aromatic rings. The third-order valence-corrected chi connectivity index (χ3v) is 6.00. The molecule has 1 fully saturated rings. The molecule has 0 aliphatic carbocycles. The highest BCUT2D eigenvalue weighted by Crippen LogP contribution is 2.23. The van der Waals surface area contributed by atoms with Crippen LogP contribution in [0.2, 0.25) is 0 Å². The first-order chi connectivity index (χ1) is 20.5. The van der Waals surface area contributed by atoms with Gasteiger partial charge in [-0.2, -0.15) is 26.3 Å². The SMILES string of the molecule is CC(=O)Nc1ccc(-c2ccc(CN3CCN(Cc4ccncc4)CC3)cc2)cc1.O=C(O)C(F)(F)F.O=C(O)C(F)(F)F. The normalized spacial score (nSPS) is 13.9. The predicted molar refractivity (Wildman–Crippen MR) is 148 cm³/mol. The smallest absolute Gasteiger partial charge is 0.475 e. The molecule has 15 heteroatoms. The summed E-state index contributed by atoms with van der Waals surface area (Å²) in [5.74, 6) is -5.56. The van der Waals surface area contributed by atoms with Gasteiger partial charge in [-0.1, -0.05) is 36.4 Å². The Labute approximate surface area is 248 Å². The Morgan fingerprint density at radius 2 is 1.02 bits per heavy atom. The number of amides is 1. The molecule has 44 heavy (non-hydrogen) atoms. The van der Waals surface area contributed by atoms with Gasteiger partial charge in [0.25, 0.3) is 0 Å². The lowest BCUT2D eigenvalue weighted by atomic mass is 10.0. The van der Waals surface area contributed by atoms with Crippen molar-refractivity contribution in [2.45, 2.75) is 32.4 Å². The van der Waals surface area contributed by atoms with E-state index >= 15 is 0 Å². The molecule has 0 bridgehead atoms. The zero-order valence-corrected chi connectivity index (χ0v) is 23.4. The molecule has 238 valence electrons. The van der Waals surface area contributed by atoms with Crippen LogP contribution in [0.1, 0.15) is 18.1 Å². The summed E-state index contributed by atoms with van der Waals surface area (Å²) in [7, 11) is 0. The Morgan fingerprint density at radius 1 is 0.682 bits per heavy atom. The summed E-state index contributed by atoms with van der Waals surface area (Å²) in [5, 5.41) is 17.1. The van der Waals surface area contributed by atoms with Gasteiger partial charge in [0.2, 0.25) is 5.91 Å². The summed E-state index contributed by atoms with van der Waals surface area (Å²) in [6.45, 7) is 7.90. The number of nitrogens with zero attached hydrogens (tertiary/aromatic N) is 3. The molecule has 1 saturated heterocycles. The molecule has 1 aliphatic heterocycles. The maximum Gasteiger partial charge on any atom is 0.490 e. The minimum Gasteiger partial charge on any atom is -0.475 e. The first-order valence-corrected chi connectivity index (χ1v) is 13.0. The van der Waals surface area contributed by atoms with Gasteiger partial charge in [-0.25, -0.2) is 9.59 Å². The van der Waals surface area contributed by atoms with Crippen molar-refractivity contribution in [2.24, 2.45) is 0 Å². The average Bonchev–Trinajstić information content (AvgIpc) is 2.95. The number of carboxylic acid groups (broad SMARTS) is 2. The zero-order chi connectivity index (χ0) is 32.9. The number of carboxylic acids is 2. The van der Waals surface area contributed by atoms with Gasteiger partial charge in [0.15, 0.2) is 0 Å². The van der Waals surface area contributed by atoms with Crippen LogP contribution in [0.15, 0.2) is 73.1 Å². The third kappa shape index (κ3) is 13.2. The van der Waals surface area contributed by atoms with Crippen LogP contribution >= 0.6 is 0 Å². The van der Waals surface area contributed by atoms with Gasteiger partial charge in [-0.3, -0.25) is 19.6 Å². The molecule has 0 unspecified atom stereocenters. The molecule has 3 N–H and O–H groups in total. The fourth-order valence-electron chi connectivity index (χ4n) is 3.86. The maximum atomic E-state index is 11.1. The van der Waals surface area contributed by atoms with Crippen LogP contribution in [0.25, 0.3) is 11.1 Å². The van der Waals surface area contributed by atoms with Gasteiger partial charge >= 0.3 is 24.3 Å². The van der Waals surface area contributed by atoms with E-state index in [1.54, 1.807) is 0 Å². The van der Waals surface area contributed by atoms with E-state index in [4.69, 9.17) is 19.8 Å². The van der Waals surface area contributed by atoms with E-state index < -0.39 is 24.3 Å². The van der Waals surface area contributed by atoms with Crippen molar-refractivity contribution >= 4 is 23.5 Å². The Kier molecular flexibility index (Phi) is 13.3. The van der Waals surface area contributed by atoms with Crippen LogP contribution in [0.3, 0.4) is 0 Å². The van der Waals surface area contributed by atoms with E-state index in [1.807, 2.05) is 36.7 Å². The monoisotopic (exact) mass is 628 g/mol. The van der Waals surface area contributed by atoms with Crippen LogP contribution in [-0.4, -0.2) is 81.4 Å². The number of aliphatic carboxylic acids is 2. The molecular formula is C29H30F6N4O5. The van der Waals surface area contributed by atoms with Crippen molar-refractivity contribution in [3.8, 4) is 11.1 Å². The van der Waals surface area contributed by atoms with Gasteiger partial charge in [-0.15, -0.1) is 0 Å². The van der Waals surface area contributed by atoms with Crippen LogP contribution in [-0.2, 0) is 27.5 Å². The van der Waals surface area contributed by atoms with Crippen molar-refractivity contribution in [1.82, 2.24) is 14.8 Å². The molecule has 1 amide bonds.